The van der Waals surface area contributed by atoms with Gasteiger partial charge in [-0.25, -0.2) is 9.59 Å². The minimum atomic E-state index is -2.03. The third kappa shape index (κ3) is 3.74. The zero-order valence-corrected chi connectivity index (χ0v) is 12.4. The molecule has 2 aliphatic heterocycles. The molecule has 0 bridgehead atoms. The quantitative estimate of drug-likeness (QED) is 0.232. The summed E-state index contributed by atoms with van der Waals surface area (Å²) in [7, 11) is 0. The maximum Gasteiger partial charge on any atom is 0.335 e. The number of carboxylic acid groups (broad SMARTS) is 2. The van der Waals surface area contributed by atoms with Gasteiger partial charge in [-0.1, -0.05) is 0 Å². The fourth-order valence-corrected chi connectivity index (χ4v) is 2.52. The highest BCUT2D eigenvalue weighted by atomic mass is 16.7. The van der Waals surface area contributed by atoms with E-state index in [1.54, 1.807) is 0 Å². The lowest BCUT2D eigenvalue weighted by atomic mass is 9.96. The summed E-state index contributed by atoms with van der Waals surface area (Å²) in [5.41, 5.74) is 0. The van der Waals surface area contributed by atoms with Gasteiger partial charge in [0.25, 0.3) is 0 Å². The first-order chi connectivity index (χ1) is 11.6. The summed E-state index contributed by atoms with van der Waals surface area (Å²) in [4.78, 5) is 22.2. The molecule has 8 N–H and O–H groups in total. The average Bonchev–Trinajstić information content (AvgIpc) is 2.54. The van der Waals surface area contributed by atoms with Crippen LogP contribution in [0.5, 0.6) is 0 Å². The van der Waals surface area contributed by atoms with Gasteiger partial charge in [-0.15, -0.1) is 0 Å². The summed E-state index contributed by atoms with van der Waals surface area (Å²) >= 11 is 0. The Hall–Kier alpha value is -1.42. The van der Waals surface area contributed by atoms with Crippen LogP contribution >= 0.6 is 0 Å². The number of carboxylic acids is 2. The van der Waals surface area contributed by atoms with Crippen LogP contribution in [-0.4, -0.2) is 114 Å². The predicted octanol–water partition coefficient (Wildman–Crippen LogP) is -5.21. The predicted molar refractivity (Wildman–Crippen MR) is 69.7 cm³/mol. The summed E-state index contributed by atoms with van der Waals surface area (Å²) in [6.45, 7) is 0. The highest BCUT2D eigenvalue weighted by Gasteiger charge is 2.53. The van der Waals surface area contributed by atoms with Crippen molar-refractivity contribution in [2.45, 2.75) is 61.4 Å². The van der Waals surface area contributed by atoms with Gasteiger partial charge in [-0.3, -0.25) is 0 Å². The molecular weight excluding hydrogens is 352 g/mol. The standard InChI is InChI=1S/C12H18O13/c13-1-2(14)7(9(18)19)25-12(5(1)17)24-6-3(15)4(16)11(22)23-8(6)10(20)21/h1-8,11-17,22H,(H,18,19)(H,20,21)/t1-,2+,3+,4?,5?,6+,7?,8?,11+,12+/m0/s1. The minimum absolute atomic E-state index is 1.70. The van der Waals surface area contributed by atoms with E-state index in [4.69, 9.17) is 19.7 Å². The van der Waals surface area contributed by atoms with Gasteiger partial charge in [0.15, 0.2) is 24.8 Å². The molecule has 0 radical (unpaired) electrons. The summed E-state index contributed by atoms with van der Waals surface area (Å²) in [6.07, 6.45) is -19.9. The molecule has 0 aliphatic carbocycles. The maximum absolute atomic E-state index is 11.2. The Bertz CT molecular complexity index is 511. The SMILES string of the molecule is O=C(O)C1O[C@@H](O[C@H]2C(C(=O)O)O[C@@H](O)C(O)[C@H]2O)C(O)[C@@H](O)[C@H]1O. The molecule has 0 aromatic heterocycles. The summed E-state index contributed by atoms with van der Waals surface area (Å²) < 4.78 is 14.4. The van der Waals surface area contributed by atoms with E-state index in [1.165, 1.54) is 0 Å². The molecule has 25 heavy (non-hydrogen) atoms. The summed E-state index contributed by atoms with van der Waals surface area (Å²) in [5.74, 6) is -3.39. The van der Waals surface area contributed by atoms with Gasteiger partial charge in [0, 0.05) is 0 Å². The first kappa shape index (κ1) is 19.9. The lowest BCUT2D eigenvalue weighted by molar-refractivity contribution is -0.346. The second-order valence-corrected chi connectivity index (χ2v) is 5.60. The largest absolute Gasteiger partial charge is 0.479 e. The highest BCUT2D eigenvalue weighted by Crippen LogP contribution is 2.28. The van der Waals surface area contributed by atoms with E-state index in [-0.39, 0.29) is 0 Å². The zero-order chi connectivity index (χ0) is 19.0. The monoisotopic (exact) mass is 370 g/mol. The summed E-state index contributed by atoms with van der Waals surface area (Å²) in [6, 6.07) is 0. The van der Waals surface area contributed by atoms with Crippen LogP contribution in [0, 0.1) is 0 Å². The Labute approximate surface area is 139 Å². The van der Waals surface area contributed by atoms with E-state index in [2.05, 4.69) is 4.74 Å². The average molecular weight is 370 g/mol. The molecule has 2 saturated heterocycles. The van der Waals surface area contributed by atoms with E-state index < -0.39 is 73.4 Å². The van der Waals surface area contributed by atoms with Crippen LogP contribution in [0.3, 0.4) is 0 Å². The van der Waals surface area contributed by atoms with Crippen molar-refractivity contribution in [2.24, 2.45) is 0 Å². The van der Waals surface area contributed by atoms with Crippen molar-refractivity contribution in [2.75, 3.05) is 0 Å². The fourth-order valence-electron chi connectivity index (χ4n) is 2.52. The molecular formula is C12H18O13. The van der Waals surface area contributed by atoms with Gasteiger partial charge >= 0.3 is 11.9 Å². The van der Waals surface area contributed by atoms with Crippen LogP contribution in [0.15, 0.2) is 0 Å². The normalized spacial score (nSPS) is 48.1. The highest BCUT2D eigenvalue weighted by molar-refractivity contribution is 5.74. The van der Waals surface area contributed by atoms with Crippen LogP contribution in [0.2, 0.25) is 0 Å². The van der Waals surface area contributed by atoms with Crippen LogP contribution in [-0.2, 0) is 23.8 Å². The molecule has 0 aromatic carbocycles. The number of hydrogen-bond donors (Lipinski definition) is 8. The number of aliphatic hydroxyl groups excluding tert-OH is 6. The van der Waals surface area contributed by atoms with E-state index in [0.29, 0.717) is 0 Å². The molecule has 13 nitrogen and oxygen atoms in total. The zero-order valence-electron chi connectivity index (χ0n) is 12.4. The Morgan fingerprint density at radius 1 is 0.680 bits per heavy atom. The molecule has 2 heterocycles. The Morgan fingerprint density at radius 2 is 1.24 bits per heavy atom. The van der Waals surface area contributed by atoms with Crippen molar-refractivity contribution < 1.29 is 64.7 Å². The first-order valence-corrected chi connectivity index (χ1v) is 7.06. The fraction of sp³-hybridized carbons (Fsp3) is 0.833. The number of ether oxygens (including phenoxy) is 3. The molecule has 0 spiro atoms. The van der Waals surface area contributed by atoms with Crippen LogP contribution in [0.4, 0.5) is 0 Å². The van der Waals surface area contributed by atoms with Crippen molar-refractivity contribution in [3.8, 4) is 0 Å². The Kier molecular flexibility index (Phi) is 5.93. The van der Waals surface area contributed by atoms with Gasteiger partial charge in [-0.2, -0.15) is 0 Å². The third-order valence-electron chi connectivity index (χ3n) is 3.91. The molecule has 13 heteroatoms. The van der Waals surface area contributed by atoms with Crippen molar-refractivity contribution in [3.63, 3.8) is 0 Å². The summed E-state index contributed by atoms with van der Waals surface area (Å²) in [5, 5.41) is 75.9. The van der Waals surface area contributed by atoms with Gasteiger partial charge in [-0.05, 0) is 0 Å². The van der Waals surface area contributed by atoms with Gasteiger partial charge in [0.05, 0.1) is 0 Å². The van der Waals surface area contributed by atoms with Crippen molar-refractivity contribution in [3.05, 3.63) is 0 Å². The van der Waals surface area contributed by atoms with Crippen LogP contribution < -0.4 is 0 Å². The number of aliphatic hydroxyl groups is 6. The van der Waals surface area contributed by atoms with E-state index >= 15 is 0 Å². The second kappa shape index (κ2) is 7.45. The molecule has 0 aromatic rings. The Morgan fingerprint density at radius 3 is 1.76 bits per heavy atom. The molecule has 10 atom stereocenters. The van der Waals surface area contributed by atoms with Crippen molar-refractivity contribution >= 4 is 11.9 Å². The smallest absolute Gasteiger partial charge is 0.335 e. The number of carbonyl (C=O) groups is 2. The van der Waals surface area contributed by atoms with Crippen molar-refractivity contribution in [1.29, 1.82) is 0 Å². The van der Waals surface area contributed by atoms with Gasteiger partial charge in [0.1, 0.15) is 36.6 Å². The van der Waals surface area contributed by atoms with E-state index in [0.717, 1.165) is 0 Å². The van der Waals surface area contributed by atoms with Gasteiger partial charge < -0.3 is 55.1 Å². The molecule has 0 amide bonds. The van der Waals surface area contributed by atoms with Gasteiger partial charge in [0.2, 0.25) is 0 Å². The van der Waals surface area contributed by atoms with E-state index in [9.17, 15) is 40.2 Å². The maximum atomic E-state index is 11.2. The number of aliphatic carboxylic acids is 2. The second-order valence-electron chi connectivity index (χ2n) is 5.60. The first-order valence-electron chi connectivity index (χ1n) is 7.06. The Balaban J connectivity index is 2.22. The lowest BCUT2D eigenvalue weighted by Gasteiger charge is -2.44. The third-order valence-corrected chi connectivity index (χ3v) is 3.91. The molecule has 4 unspecified atom stereocenters. The minimum Gasteiger partial charge on any atom is -0.479 e. The molecule has 144 valence electrons. The number of rotatable bonds is 4. The number of hydrogen-bond acceptors (Lipinski definition) is 11. The van der Waals surface area contributed by atoms with E-state index in [1.807, 2.05) is 0 Å². The van der Waals surface area contributed by atoms with Crippen LogP contribution in [0.25, 0.3) is 0 Å². The molecule has 2 fully saturated rings. The molecule has 0 saturated carbocycles. The topological polar surface area (TPSA) is 224 Å². The van der Waals surface area contributed by atoms with Crippen LogP contribution in [0.1, 0.15) is 0 Å². The lowest BCUT2D eigenvalue weighted by Crippen LogP contribution is -2.65. The molecule has 2 rings (SSSR count). The molecule has 2 aliphatic rings. The van der Waals surface area contributed by atoms with Crippen molar-refractivity contribution in [1.82, 2.24) is 0 Å².